The van der Waals surface area contributed by atoms with Gasteiger partial charge in [-0.3, -0.25) is 0 Å². The van der Waals surface area contributed by atoms with Gasteiger partial charge in [-0.25, -0.2) is 26.3 Å². The van der Waals surface area contributed by atoms with E-state index < -0.39 is 57.5 Å². The molecule has 0 radical (unpaired) electrons. The van der Waals surface area contributed by atoms with Crippen LogP contribution in [0.15, 0.2) is 72.8 Å². The first-order chi connectivity index (χ1) is 30.9. The molecule has 2 N–H and O–H groups in total. The van der Waals surface area contributed by atoms with Crippen molar-refractivity contribution < 1.29 is 46.0 Å². The molecule has 0 aliphatic carbocycles. The zero-order valence-electron chi connectivity index (χ0n) is 41.0. The normalized spacial score (nSPS) is 12.5. The summed E-state index contributed by atoms with van der Waals surface area (Å²) in [5.41, 5.74) is 4.84. The fourth-order valence-corrected chi connectivity index (χ4v) is 7.98. The Balaban J connectivity index is 1.34. The second kappa shape index (κ2) is 18.3. The van der Waals surface area contributed by atoms with Crippen LogP contribution in [0, 0.1) is 48.8 Å². The van der Waals surface area contributed by atoms with E-state index in [1.54, 1.807) is 26.0 Å². The van der Waals surface area contributed by atoms with E-state index in [4.69, 9.17) is 9.47 Å². The molecule has 0 spiro atoms. The molecule has 6 rings (SSSR count). The van der Waals surface area contributed by atoms with E-state index in [1.165, 1.54) is 12.1 Å². The van der Waals surface area contributed by atoms with Crippen molar-refractivity contribution in [2.45, 2.75) is 125 Å². The van der Waals surface area contributed by atoms with Gasteiger partial charge in [0.25, 0.3) is 0 Å². The van der Waals surface area contributed by atoms with E-state index >= 15 is 17.6 Å². The third-order valence-electron chi connectivity index (χ3n) is 12.1. The van der Waals surface area contributed by atoms with Crippen molar-refractivity contribution in [1.82, 2.24) is 0 Å². The number of ether oxygens (including phenoxy) is 2. The largest absolute Gasteiger partial charge is 0.507 e. The molecule has 0 atom stereocenters. The lowest BCUT2D eigenvalue weighted by Crippen LogP contribution is -2.16. The van der Waals surface area contributed by atoms with Crippen LogP contribution in [-0.2, 0) is 21.7 Å². The molecular formula is C57H62F6O4. The third kappa shape index (κ3) is 10.6. The predicted octanol–water partition coefficient (Wildman–Crippen LogP) is 16.3. The third-order valence-corrected chi connectivity index (χ3v) is 12.1. The molecule has 0 amide bonds. The Morgan fingerprint density at radius 2 is 0.672 bits per heavy atom. The minimum absolute atomic E-state index is 0.0550. The average Bonchev–Trinajstić information content (AvgIpc) is 3.22. The first kappa shape index (κ1) is 50.5. The Hall–Kier alpha value is -5.90. The monoisotopic (exact) mass is 924 g/mol. The van der Waals surface area contributed by atoms with E-state index in [-0.39, 0.29) is 63.9 Å². The van der Waals surface area contributed by atoms with Gasteiger partial charge >= 0.3 is 0 Å². The second-order valence-corrected chi connectivity index (χ2v) is 21.8. The van der Waals surface area contributed by atoms with E-state index in [0.29, 0.717) is 45.5 Å². The van der Waals surface area contributed by atoms with Crippen LogP contribution in [0.1, 0.15) is 123 Å². The van der Waals surface area contributed by atoms with Crippen LogP contribution in [0.2, 0.25) is 0 Å². The molecule has 6 aromatic carbocycles. The van der Waals surface area contributed by atoms with Gasteiger partial charge in [-0.2, -0.15) is 0 Å². The van der Waals surface area contributed by atoms with Crippen LogP contribution in [0.5, 0.6) is 23.0 Å². The first-order valence-corrected chi connectivity index (χ1v) is 22.5. The number of phenolic OH excluding ortho intramolecular Hbond substituents is 2. The molecule has 67 heavy (non-hydrogen) atoms. The average molecular weight is 925 g/mol. The number of halogens is 6. The summed E-state index contributed by atoms with van der Waals surface area (Å²) in [6.07, 6.45) is -0.0550. The maximum Gasteiger partial charge on any atom is 0.195 e. The molecule has 0 heterocycles. The smallest absolute Gasteiger partial charge is 0.195 e. The van der Waals surface area contributed by atoms with Gasteiger partial charge in [-0.15, -0.1) is 0 Å². The Morgan fingerprint density at radius 1 is 0.388 bits per heavy atom. The van der Waals surface area contributed by atoms with Gasteiger partial charge in [0.1, 0.15) is 23.0 Å². The topological polar surface area (TPSA) is 58.9 Å². The lowest BCUT2D eigenvalue weighted by atomic mass is 9.78. The zero-order chi connectivity index (χ0) is 49.9. The van der Waals surface area contributed by atoms with E-state index in [2.05, 4.69) is 95.2 Å². The molecule has 0 aromatic heterocycles. The molecule has 0 saturated carbocycles. The van der Waals surface area contributed by atoms with E-state index in [1.807, 2.05) is 24.3 Å². The highest BCUT2D eigenvalue weighted by Crippen LogP contribution is 2.48. The number of rotatable bonds is 10. The molecule has 0 unspecified atom stereocenters. The van der Waals surface area contributed by atoms with E-state index in [0.717, 1.165) is 22.3 Å². The molecule has 356 valence electrons. The molecule has 6 aromatic rings. The summed E-state index contributed by atoms with van der Waals surface area (Å²) < 4.78 is 104. The van der Waals surface area contributed by atoms with Gasteiger partial charge in [0, 0.05) is 40.8 Å². The SMILES string of the molecule is Cc1cc(-c2cc(C(C)(C)C)cc(C(C)(C)C)c2)c(O)c(-c2c(OCCCOc3cc(F)c(F)c(F)c3-c3cc(C)cc(-c4cc(C(C)(C)C)cc(C(C)(C)C)c4)c3O)cc(F)c(F)c2F)c1. The van der Waals surface area contributed by atoms with Crippen LogP contribution in [0.4, 0.5) is 26.3 Å². The van der Waals surface area contributed by atoms with Crippen LogP contribution < -0.4 is 9.47 Å². The summed E-state index contributed by atoms with van der Waals surface area (Å²) in [5, 5.41) is 23.8. The fourth-order valence-electron chi connectivity index (χ4n) is 7.98. The number of aryl methyl sites for hydroxylation is 2. The Kier molecular flexibility index (Phi) is 13.8. The minimum atomic E-state index is -1.76. The molecule has 0 fully saturated rings. The Labute approximate surface area is 391 Å². The first-order valence-electron chi connectivity index (χ1n) is 22.5. The quantitative estimate of drug-likeness (QED) is 0.0816. The summed E-state index contributed by atoms with van der Waals surface area (Å²) in [7, 11) is 0. The highest BCUT2D eigenvalue weighted by Gasteiger charge is 2.29. The number of hydrogen-bond acceptors (Lipinski definition) is 4. The summed E-state index contributed by atoms with van der Waals surface area (Å²) in [5.74, 6) is -11.3. The van der Waals surface area contributed by atoms with Crippen LogP contribution in [-0.4, -0.2) is 23.4 Å². The summed E-state index contributed by atoms with van der Waals surface area (Å²) in [6.45, 7) is 27.7. The second-order valence-electron chi connectivity index (χ2n) is 21.8. The van der Waals surface area contributed by atoms with Crippen molar-refractivity contribution in [2.75, 3.05) is 13.2 Å². The number of hydrogen-bond donors (Lipinski definition) is 2. The molecule has 0 aliphatic heterocycles. The van der Waals surface area contributed by atoms with Crippen LogP contribution in [0.25, 0.3) is 44.5 Å². The van der Waals surface area contributed by atoms with Gasteiger partial charge < -0.3 is 19.7 Å². The minimum Gasteiger partial charge on any atom is -0.507 e. The van der Waals surface area contributed by atoms with Crippen LogP contribution in [0.3, 0.4) is 0 Å². The highest BCUT2D eigenvalue weighted by atomic mass is 19.2. The van der Waals surface area contributed by atoms with Gasteiger partial charge in [0.2, 0.25) is 0 Å². The molecule has 0 saturated heterocycles. The maximum absolute atomic E-state index is 16.0. The Bertz CT molecular complexity index is 2610. The standard InChI is InChI=1S/C57H62F6O4/c1-30-18-38(32-22-34(54(3,4)5)26-35(23-32)55(6,7)8)52(64)40(20-30)46-44(28-42(58)48(60)50(46)62)66-16-15-17-67-45-29-43(59)49(61)51(63)47(45)41-21-31(2)19-39(53(41)65)33-24-36(56(9,10)11)27-37(25-33)57(12,13)14/h18-29,64-65H,15-17H2,1-14H3. The summed E-state index contributed by atoms with van der Waals surface area (Å²) in [4.78, 5) is 0. The van der Waals surface area contributed by atoms with Crippen molar-refractivity contribution in [1.29, 1.82) is 0 Å². The van der Waals surface area contributed by atoms with Gasteiger partial charge in [-0.05, 0) is 104 Å². The fraction of sp³-hybridized carbons (Fsp3) is 0.368. The van der Waals surface area contributed by atoms with Crippen molar-refractivity contribution in [3.05, 3.63) is 141 Å². The van der Waals surface area contributed by atoms with Crippen molar-refractivity contribution in [2.24, 2.45) is 0 Å². The van der Waals surface area contributed by atoms with Crippen molar-refractivity contribution >= 4 is 0 Å². The number of benzene rings is 6. The summed E-state index contributed by atoms with van der Waals surface area (Å²) in [6, 6.07) is 19.8. The lowest BCUT2D eigenvalue weighted by Gasteiger charge is -2.27. The number of phenols is 2. The molecule has 4 nitrogen and oxygen atoms in total. The zero-order valence-corrected chi connectivity index (χ0v) is 41.0. The van der Waals surface area contributed by atoms with Gasteiger partial charge in [0.15, 0.2) is 34.9 Å². The van der Waals surface area contributed by atoms with Gasteiger partial charge in [0.05, 0.1) is 24.3 Å². The lowest BCUT2D eigenvalue weighted by molar-refractivity contribution is 0.245. The molecule has 0 bridgehead atoms. The highest BCUT2D eigenvalue weighted by molar-refractivity contribution is 5.87. The Morgan fingerprint density at radius 3 is 0.955 bits per heavy atom. The van der Waals surface area contributed by atoms with Crippen molar-refractivity contribution in [3.8, 4) is 67.5 Å². The predicted molar refractivity (Wildman–Crippen MR) is 258 cm³/mol. The van der Waals surface area contributed by atoms with Crippen LogP contribution >= 0.6 is 0 Å². The van der Waals surface area contributed by atoms with Crippen molar-refractivity contribution in [3.63, 3.8) is 0 Å². The number of aromatic hydroxyl groups is 2. The molecule has 10 heteroatoms. The maximum atomic E-state index is 16.0. The van der Waals surface area contributed by atoms with E-state index in [9.17, 15) is 19.0 Å². The molecule has 0 aliphatic rings. The molecular weight excluding hydrogens is 863 g/mol. The summed E-state index contributed by atoms with van der Waals surface area (Å²) >= 11 is 0. The van der Waals surface area contributed by atoms with Gasteiger partial charge in [-0.1, -0.05) is 119 Å².